The molecule has 10 nitrogen and oxygen atoms in total. The van der Waals surface area contributed by atoms with Crippen molar-refractivity contribution in [2.24, 2.45) is 19.1 Å². The molecule has 0 bridgehead atoms. The van der Waals surface area contributed by atoms with E-state index >= 15 is 0 Å². The molecule has 0 unspecified atom stereocenters. The summed E-state index contributed by atoms with van der Waals surface area (Å²) in [4.78, 5) is 46.3. The SMILES string of the molecule is Cn1c(=O)n(C)c2cc(N3CCCC3)c(N=Cc3c(O)[nH]c(=O)[nH]c3=O)cc21. The van der Waals surface area contributed by atoms with Gasteiger partial charge in [0.1, 0.15) is 5.56 Å². The molecule has 0 aliphatic carbocycles. The lowest BCUT2D eigenvalue weighted by atomic mass is 10.2. The number of fused-ring (bicyclic) bond motifs is 1. The van der Waals surface area contributed by atoms with Crippen molar-refractivity contribution in [3.05, 3.63) is 49.0 Å². The molecule has 146 valence electrons. The summed E-state index contributed by atoms with van der Waals surface area (Å²) in [6, 6.07) is 3.71. The molecule has 28 heavy (non-hydrogen) atoms. The molecule has 0 radical (unpaired) electrons. The molecule has 0 atom stereocenters. The van der Waals surface area contributed by atoms with Gasteiger partial charge in [-0.15, -0.1) is 0 Å². The van der Waals surface area contributed by atoms with Gasteiger partial charge in [0.05, 0.1) is 22.4 Å². The fourth-order valence-corrected chi connectivity index (χ4v) is 3.58. The molecule has 10 heteroatoms. The number of nitrogens with zero attached hydrogens (tertiary/aromatic N) is 4. The van der Waals surface area contributed by atoms with Crippen LogP contribution in [0, 0.1) is 0 Å². The number of H-pyrrole nitrogens is 2. The summed E-state index contributed by atoms with van der Waals surface area (Å²) in [6.07, 6.45) is 3.34. The Labute approximate surface area is 158 Å². The van der Waals surface area contributed by atoms with E-state index in [2.05, 4.69) is 19.9 Å². The summed E-state index contributed by atoms with van der Waals surface area (Å²) in [5, 5.41) is 9.86. The second kappa shape index (κ2) is 6.55. The normalized spacial score (nSPS) is 14.6. The van der Waals surface area contributed by atoms with Gasteiger partial charge in [-0.05, 0) is 25.0 Å². The zero-order chi connectivity index (χ0) is 20.0. The van der Waals surface area contributed by atoms with Crippen molar-refractivity contribution in [1.82, 2.24) is 19.1 Å². The monoisotopic (exact) mass is 384 g/mol. The molecule has 1 aliphatic heterocycles. The number of hydrogen-bond acceptors (Lipinski definition) is 6. The first-order chi connectivity index (χ1) is 13.4. The van der Waals surface area contributed by atoms with Gasteiger partial charge in [0.2, 0.25) is 5.88 Å². The summed E-state index contributed by atoms with van der Waals surface area (Å²) in [7, 11) is 3.41. The van der Waals surface area contributed by atoms with Crippen molar-refractivity contribution >= 4 is 28.6 Å². The minimum absolute atomic E-state index is 0.141. The van der Waals surface area contributed by atoms with Crippen molar-refractivity contribution in [1.29, 1.82) is 0 Å². The zero-order valence-electron chi connectivity index (χ0n) is 15.5. The number of aromatic nitrogens is 4. The zero-order valence-corrected chi connectivity index (χ0v) is 15.5. The Hall–Kier alpha value is -3.56. The summed E-state index contributed by atoms with van der Waals surface area (Å²) >= 11 is 0. The predicted octanol–water partition coefficient (Wildman–Crippen LogP) is 0.310. The van der Waals surface area contributed by atoms with E-state index in [0.717, 1.165) is 37.1 Å². The van der Waals surface area contributed by atoms with E-state index < -0.39 is 17.1 Å². The molecule has 0 saturated carbocycles. The molecule has 1 aromatic carbocycles. The average Bonchev–Trinajstić information content (AvgIpc) is 3.25. The van der Waals surface area contributed by atoms with Crippen LogP contribution in [-0.2, 0) is 14.1 Å². The highest BCUT2D eigenvalue weighted by atomic mass is 16.3. The van der Waals surface area contributed by atoms with Crippen LogP contribution in [0.2, 0.25) is 0 Å². The Morgan fingerprint density at radius 1 is 1.04 bits per heavy atom. The molecule has 1 aliphatic rings. The second-order valence-corrected chi connectivity index (χ2v) is 6.85. The Bertz CT molecular complexity index is 1270. The van der Waals surface area contributed by atoms with Gasteiger partial charge in [0.25, 0.3) is 5.56 Å². The number of rotatable bonds is 3. The van der Waals surface area contributed by atoms with E-state index in [9.17, 15) is 19.5 Å². The van der Waals surface area contributed by atoms with Crippen LogP contribution >= 0.6 is 0 Å². The molecule has 4 rings (SSSR count). The Morgan fingerprint density at radius 2 is 1.68 bits per heavy atom. The van der Waals surface area contributed by atoms with Gasteiger partial charge in [-0.25, -0.2) is 9.59 Å². The van der Waals surface area contributed by atoms with E-state index in [1.165, 1.54) is 10.8 Å². The molecule has 0 amide bonds. The average molecular weight is 384 g/mol. The van der Waals surface area contributed by atoms with Crippen molar-refractivity contribution in [3.8, 4) is 5.88 Å². The molecular weight excluding hydrogens is 364 g/mol. The maximum atomic E-state index is 12.3. The highest BCUT2D eigenvalue weighted by Crippen LogP contribution is 2.35. The third-order valence-electron chi connectivity index (χ3n) is 5.11. The fourth-order valence-electron chi connectivity index (χ4n) is 3.58. The van der Waals surface area contributed by atoms with Crippen molar-refractivity contribution in [2.45, 2.75) is 12.8 Å². The lowest BCUT2D eigenvalue weighted by Gasteiger charge is -2.20. The number of aromatic amines is 2. The van der Waals surface area contributed by atoms with E-state index in [4.69, 9.17) is 0 Å². The standard InChI is InChI=1S/C18H20N6O4/c1-22-13-7-11(19-9-10-15(25)20-17(27)21-16(10)26)12(24-5-3-4-6-24)8-14(13)23(2)18(22)28/h7-9H,3-6H2,1-2H3,(H3,20,21,25,26,27). The maximum absolute atomic E-state index is 12.3. The Balaban J connectivity index is 1.91. The number of aromatic hydroxyl groups is 1. The predicted molar refractivity (Wildman–Crippen MR) is 106 cm³/mol. The molecule has 3 aromatic rings. The number of benzene rings is 1. The number of anilines is 1. The second-order valence-electron chi connectivity index (χ2n) is 6.85. The number of hydrogen-bond donors (Lipinski definition) is 3. The largest absolute Gasteiger partial charge is 0.494 e. The first kappa shape index (κ1) is 17.8. The fraction of sp³-hybridized carbons (Fsp3) is 0.333. The third kappa shape index (κ3) is 2.82. The third-order valence-corrected chi connectivity index (χ3v) is 5.11. The topological polar surface area (TPSA) is 128 Å². The number of aliphatic imine (C=N–C) groups is 1. The van der Waals surface area contributed by atoms with Crippen LogP contribution in [0.15, 0.2) is 31.5 Å². The smallest absolute Gasteiger partial charge is 0.328 e. The van der Waals surface area contributed by atoms with Crippen LogP contribution in [0.3, 0.4) is 0 Å². The van der Waals surface area contributed by atoms with Crippen molar-refractivity contribution in [3.63, 3.8) is 0 Å². The minimum Gasteiger partial charge on any atom is -0.494 e. The lowest BCUT2D eigenvalue weighted by molar-refractivity contribution is 0.447. The van der Waals surface area contributed by atoms with Crippen LogP contribution in [0.1, 0.15) is 18.4 Å². The van der Waals surface area contributed by atoms with Gasteiger partial charge in [-0.3, -0.25) is 28.9 Å². The molecule has 1 fully saturated rings. The first-order valence-corrected chi connectivity index (χ1v) is 8.91. The van der Waals surface area contributed by atoms with Crippen LogP contribution in [0.25, 0.3) is 11.0 Å². The van der Waals surface area contributed by atoms with E-state index in [-0.39, 0.29) is 11.3 Å². The summed E-state index contributed by atoms with van der Waals surface area (Å²) < 4.78 is 3.12. The van der Waals surface area contributed by atoms with Gasteiger partial charge >= 0.3 is 11.4 Å². The van der Waals surface area contributed by atoms with E-state index in [1.807, 2.05) is 6.07 Å². The minimum atomic E-state index is -0.793. The molecule has 3 N–H and O–H groups in total. The summed E-state index contributed by atoms with van der Waals surface area (Å²) in [5.74, 6) is -0.548. The maximum Gasteiger partial charge on any atom is 0.328 e. The van der Waals surface area contributed by atoms with Crippen molar-refractivity contribution < 1.29 is 5.11 Å². The molecule has 2 aromatic heterocycles. The van der Waals surface area contributed by atoms with E-state index in [0.29, 0.717) is 11.2 Å². The summed E-state index contributed by atoms with van der Waals surface area (Å²) in [6.45, 7) is 1.75. The van der Waals surface area contributed by atoms with Crippen LogP contribution in [0.5, 0.6) is 5.88 Å². The van der Waals surface area contributed by atoms with Crippen LogP contribution < -0.4 is 21.8 Å². The lowest BCUT2D eigenvalue weighted by Crippen LogP contribution is -2.24. The van der Waals surface area contributed by atoms with E-state index in [1.54, 1.807) is 24.7 Å². The highest BCUT2D eigenvalue weighted by Gasteiger charge is 2.19. The van der Waals surface area contributed by atoms with Gasteiger partial charge in [0, 0.05) is 33.4 Å². The van der Waals surface area contributed by atoms with Gasteiger partial charge < -0.3 is 10.0 Å². The number of imidazole rings is 1. The Morgan fingerprint density at radius 3 is 2.32 bits per heavy atom. The van der Waals surface area contributed by atoms with Crippen LogP contribution in [-0.4, -0.2) is 43.5 Å². The quantitative estimate of drug-likeness (QED) is 0.560. The highest BCUT2D eigenvalue weighted by molar-refractivity contribution is 5.91. The van der Waals surface area contributed by atoms with Crippen molar-refractivity contribution in [2.75, 3.05) is 18.0 Å². The van der Waals surface area contributed by atoms with Gasteiger partial charge in [-0.2, -0.15) is 0 Å². The molecule has 3 heterocycles. The summed E-state index contributed by atoms with van der Waals surface area (Å²) in [5.41, 5.74) is 1.11. The van der Waals surface area contributed by atoms with Crippen LogP contribution in [0.4, 0.5) is 11.4 Å². The van der Waals surface area contributed by atoms with Gasteiger partial charge in [-0.1, -0.05) is 0 Å². The molecule has 0 spiro atoms. The van der Waals surface area contributed by atoms with Gasteiger partial charge in [0.15, 0.2) is 0 Å². The Kier molecular flexibility index (Phi) is 4.17. The number of nitrogens with one attached hydrogen (secondary N) is 2. The first-order valence-electron chi connectivity index (χ1n) is 8.91. The number of aryl methyl sites for hydroxylation is 2. The molecular formula is C18H20N6O4. The molecule has 1 saturated heterocycles.